The Morgan fingerprint density at radius 3 is 2.66 bits per heavy atom. The van der Waals surface area contributed by atoms with Crippen molar-refractivity contribution in [1.82, 2.24) is 19.7 Å². The summed E-state index contributed by atoms with van der Waals surface area (Å²) in [6.07, 6.45) is 4.35. The highest BCUT2D eigenvalue weighted by atomic mass is 16.5. The molecule has 0 fully saturated rings. The molecule has 0 aliphatic rings. The van der Waals surface area contributed by atoms with E-state index in [-0.39, 0.29) is 0 Å². The number of aromatic nitrogens is 4. The van der Waals surface area contributed by atoms with Crippen molar-refractivity contribution in [2.45, 2.75) is 13.5 Å². The first-order valence-corrected chi connectivity index (χ1v) is 11.8. The van der Waals surface area contributed by atoms with E-state index < -0.39 is 6.09 Å². The van der Waals surface area contributed by atoms with Crippen LogP contribution in [-0.2, 0) is 6.54 Å². The minimum absolute atomic E-state index is 0.345. The molecule has 0 saturated heterocycles. The van der Waals surface area contributed by atoms with E-state index in [0.717, 1.165) is 50.3 Å². The molecule has 0 aliphatic heterocycles. The van der Waals surface area contributed by atoms with E-state index >= 15 is 0 Å². The Hall–Kier alpha value is -5.12. The van der Waals surface area contributed by atoms with Crippen molar-refractivity contribution in [3.05, 3.63) is 84.4 Å². The normalized spacial score (nSPS) is 10.8. The zero-order valence-corrected chi connectivity index (χ0v) is 21.1. The number of nitrogens with zero attached hydrogens (tertiary/aromatic N) is 4. The molecule has 2 heterocycles. The van der Waals surface area contributed by atoms with E-state index in [2.05, 4.69) is 20.4 Å². The van der Waals surface area contributed by atoms with Crippen LogP contribution in [0.5, 0.6) is 17.2 Å². The van der Waals surface area contributed by atoms with Crippen molar-refractivity contribution in [3.8, 4) is 34.1 Å². The van der Waals surface area contributed by atoms with Crippen LogP contribution in [0.25, 0.3) is 27.7 Å². The summed E-state index contributed by atoms with van der Waals surface area (Å²) in [5, 5.41) is 8.83. The summed E-state index contributed by atoms with van der Waals surface area (Å²) in [4.78, 5) is 20.2. The Labute approximate surface area is 219 Å². The molecule has 0 spiro atoms. The first-order valence-electron chi connectivity index (χ1n) is 11.8. The van der Waals surface area contributed by atoms with Crippen molar-refractivity contribution in [2.75, 3.05) is 19.5 Å². The molecule has 0 aliphatic carbocycles. The minimum atomic E-state index is -0.869. The summed E-state index contributed by atoms with van der Waals surface area (Å²) in [6, 6.07) is 16.9. The summed E-state index contributed by atoms with van der Waals surface area (Å²) in [5.41, 5.74) is 10.4. The first-order chi connectivity index (χ1) is 18.5. The van der Waals surface area contributed by atoms with E-state index in [1.165, 1.54) is 0 Å². The predicted octanol–water partition coefficient (Wildman–Crippen LogP) is 4.88. The standard InChI is InChI=1S/C28H26N6O4/c1-17-7-9-21(38-28(29)35)11-24(17)34-15-19(14-33-34)22-5-4-6-23-26(22)31-16-32-27(23)30-13-18-8-10-20(36-2)12-25(18)37-3/h4-12,14-16H,13H2,1-3H3,(H2,29,35)(H,30,31,32). The molecule has 38 heavy (non-hydrogen) atoms. The van der Waals surface area contributed by atoms with Gasteiger partial charge in [-0.25, -0.2) is 19.4 Å². The number of amides is 1. The third-order valence-corrected chi connectivity index (χ3v) is 6.14. The number of hydrogen-bond acceptors (Lipinski definition) is 8. The summed E-state index contributed by atoms with van der Waals surface area (Å²) in [7, 11) is 3.25. The van der Waals surface area contributed by atoms with Gasteiger partial charge in [-0.15, -0.1) is 0 Å². The van der Waals surface area contributed by atoms with Gasteiger partial charge in [0.2, 0.25) is 0 Å². The molecule has 10 heteroatoms. The third-order valence-electron chi connectivity index (χ3n) is 6.14. The number of benzene rings is 3. The van der Waals surface area contributed by atoms with Gasteiger partial charge in [0.25, 0.3) is 0 Å². The molecule has 0 radical (unpaired) electrons. The molecule has 1 amide bonds. The topological polar surface area (TPSA) is 126 Å². The number of para-hydroxylation sites is 1. The Balaban J connectivity index is 1.46. The molecule has 0 bridgehead atoms. The number of primary amides is 1. The van der Waals surface area contributed by atoms with Crippen molar-refractivity contribution in [2.24, 2.45) is 5.73 Å². The number of hydrogen-bond donors (Lipinski definition) is 2. The van der Waals surface area contributed by atoms with Crippen LogP contribution in [0.15, 0.2) is 73.3 Å². The Morgan fingerprint density at radius 2 is 1.87 bits per heavy atom. The molecule has 2 aromatic heterocycles. The van der Waals surface area contributed by atoms with Gasteiger partial charge in [0.1, 0.15) is 29.4 Å². The summed E-state index contributed by atoms with van der Waals surface area (Å²) < 4.78 is 17.6. The number of aryl methyl sites for hydroxylation is 1. The second-order valence-corrected chi connectivity index (χ2v) is 8.50. The van der Waals surface area contributed by atoms with Crippen LogP contribution in [0.1, 0.15) is 11.1 Å². The largest absolute Gasteiger partial charge is 0.497 e. The average molecular weight is 511 g/mol. The molecule has 0 unspecified atom stereocenters. The van der Waals surface area contributed by atoms with E-state index in [4.69, 9.17) is 19.9 Å². The fraction of sp³-hybridized carbons (Fsp3) is 0.143. The van der Waals surface area contributed by atoms with Gasteiger partial charge < -0.3 is 25.3 Å². The van der Waals surface area contributed by atoms with Crippen molar-refractivity contribution >= 4 is 22.8 Å². The summed E-state index contributed by atoms with van der Waals surface area (Å²) >= 11 is 0. The van der Waals surface area contributed by atoms with Gasteiger partial charge in [-0.3, -0.25) is 0 Å². The van der Waals surface area contributed by atoms with Gasteiger partial charge >= 0.3 is 6.09 Å². The number of carbonyl (C=O) groups is 1. The van der Waals surface area contributed by atoms with Gasteiger partial charge in [0, 0.05) is 47.0 Å². The van der Waals surface area contributed by atoms with E-state index in [9.17, 15) is 4.79 Å². The fourth-order valence-electron chi connectivity index (χ4n) is 4.25. The number of methoxy groups -OCH3 is 2. The molecule has 3 N–H and O–H groups in total. The minimum Gasteiger partial charge on any atom is -0.497 e. The third kappa shape index (κ3) is 4.92. The Kier molecular flexibility index (Phi) is 6.77. The highest BCUT2D eigenvalue weighted by Crippen LogP contribution is 2.32. The molecule has 192 valence electrons. The quantitative estimate of drug-likeness (QED) is 0.303. The van der Waals surface area contributed by atoms with Crippen LogP contribution in [-0.4, -0.2) is 40.1 Å². The fourth-order valence-corrected chi connectivity index (χ4v) is 4.25. The van der Waals surface area contributed by atoms with Crippen molar-refractivity contribution in [3.63, 3.8) is 0 Å². The lowest BCUT2D eigenvalue weighted by Crippen LogP contribution is -2.16. The van der Waals surface area contributed by atoms with E-state index in [0.29, 0.717) is 18.1 Å². The lowest BCUT2D eigenvalue weighted by atomic mass is 10.1. The maximum absolute atomic E-state index is 11.2. The van der Waals surface area contributed by atoms with E-state index in [1.54, 1.807) is 43.6 Å². The van der Waals surface area contributed by atoms with Gasteiger partial charge in [-0.2, -0.15) is 5.10 Å². The van der Waals surface area contributed by atoms with Crippen LogP contribution in [0.3, 0.4) is 0 Å². The second-order valence-electron chi connectivity index (χ2n) is 8.50. The van der Waals surface area contributed by atoms with Crippen LogP contribution in [0.2, 0.25) is 0 Å². The highest BCUT2D eigenvalue weighted by Gasteiger charge is 2.14. The molecule has 0 atom stereocenters. The zero-order chi connectivity index (χ0) is 26.6. The highest BCUT2D eigenvalue weighted by molar-refractivity contribution is 5.98. The lowest BCUT2D eigenvalue weighted by Gasteiger charge is -2.13. The van der Waals surface area contributed by atoms with Crippen LogP contribution < -0.4 is 25.3 Å². The number of carbonyl (C=O) groups excluding carboxylic acids is 1. The van der Waals surface area contributed by atoms with Gasteiger partial charge in [-0.05, 0) is 36.8 Å². The van der Waals surface area contributed by atoms with E-state index in [1.807, 2.05) is 55.6 Å². The summed E-state index contributed by atoms with van der Waals surface area (Å²) in [6.45, 7) is 2.45. The van der Waals surface area contributed by atoms with Gasteiger partial charge in [-0.1, -0.05) is 18.2 Å². The maximum atomic E-state index is 11.2. The number of ether oxygens (including phenoxy) is 3. The summed E-state index contributed by atoms with van der Waals surface area (Å²) in [5.74, 6) is 2.50. The van der Waals surface area contributed by atoms with Crippen molar-refractivity contribution in [1.29, 1.82) is 0 Å². The molecule has 0 saturated carbocycles. The monoisotopic (exact) mass is 510 g/mol. The molecule has 5 rings (SSSR count). The van der Waals surface area contributed by atoms with Crippen LogP contribution in [0, 0.1) is 6.92 Å². The molecular weight excluding hydrogens is 484 g/mol. The van der Waals surface area contributed by atoms with Crippen molar-refractivity contribution < 1.29 is 19.0 Å². The van der Waals surface area contributed by atoms with Crippen LogP contribution >= 0.6 is 0 Å². The maximum Gasteiger partial charge on any atom is 0.409 e. The second kappa shape index (κ2) is 10.5. The number of nitrogens with one attached hydrogen (secondary N) is 1. The van der Waals surface area contributed by atoms with Gasteiger partial charge in [0.15, 0.2) is 0 Å². The Morgan fingerprint density at radius 1 is 1.03 bits per heavy atom. The smallest absolute Gasteiger partial charge is 0.409 e. The predicted molar refractivity (Wildman–Crippen MR) is 144 cm³/mol. The van der Waals surface area contributed by atoms with Crippen LogP contribution in [0.4, 0.5) is 10.6 Å². The number of rotatable bonds is 8. The number of anilines is 1. The zero-order valence-electron chi connectivity index (χ0n) is 21.1. The Bertz CT molecular complexity index is 1630. The molecule has 5 aromatic rings. The lowest BCUT2D eigenvalue weighted by molar-refractivity contribution is 0.211. The number of fused-ring (bicyclic) bond motifs is 1. The average Bonchev–Trinajstić information content (AvgIpc) is 3.42. The SMILES string of the molecule is COc1ccc(CNc2ncnc3c(-c4cnn(-c5cc(OC(N)=O)ccc5C)c4)cccc23)c(OC)c1. The molecule has 10 nitrogen and oxygen atoms in total. The number of nitrogens with two attached hydrogens (primary N) is 1. The first kappa shape index (κ1) is 24.6. The molecule has 3 aromatic carbocycles. The molecular formula is C28H26N6O4. The van der Waals surface area contributed by atoms with Gasteiger partial charge in [0.05, 0.1) is 31.6 Å².